The molecule has 0 bridgehead atoms. The number of halogens is 1. The van der Waals surface area contributed by atoms with Crippen LogP contribution < -0.4 is 5.73 Å². The number of hydrogen-bond acceptors (Lipinski definition) is 6. The van der Waals surface area contributed by atoms with Crippen LogP contribution in [-0.4, -0.2) is 20.1 Å². The number of hydrogen-bond donors (Lipinski definition) is 1. The second kappa shape index (κ2) is 4.69. The van der Waals surface area contributed by atoms with Crippen molar-refractivity contribution in [3.63, 3.8) is 0 Å². The Labute approximate surface area is 113 Å². The van der Waals surface area contributed by atoms with Crippen LogP contribution in [0.4, 0.5) is 10.1 Å². The van der Waals surface area contributed by atoms with Crippen LogP contribution in [0.1, 0.15) is 5.82 Å². The molecule has 0 saturated heterocycles. The van der Waals surface area contributed by atoms with Crippen molar-refractivity contribution in [1.82, 2.24) is 20.1 Å². The van der Waals surface area contributed by atoms with E-state index in [4.69, 9.17) is 10.3 Å². The van der Waals surface area contributed by atoms with Gasteiger partial charge in [0.15, 0.2) is 0 Å². The van der Waals surface area contributed by atoms with Crippen LogP contribution >= 0.6 is 0 Å². The molecular weight excluding hydrogens is 261 g/mol. The lowest BCUT2D eigenvalue weighted by molar-refractivity contribution is 0.432. The predicted molar refractivity (Wildman–Crippen MR) is 69.9 cm³/mol. The van der Waals surface area contributed by atoms with Gasteiger partial charge in [0.25, 0.3) is 5.89 Å². The van der Waals surface area contributed by atoms with Crippen molar-refractivity contribution in [1.29, 1.82) is 0 Å². The van der Waals surface area contributed by atoms with Gasteiger partial charge < -0.3 is 10.3 Å². The topological polar surface area (TPSA) is 90.7 Å². The van der Waals surface area contributed by atoms with Gasteiger partial charge in [0.1, 0.15) is 17.3 Å². The molecule has 2 N–H and O–H groups in total. The Morgan fingerprint density at radius 2 is 2.05 bits per heavy atom. The zero-order valence-electron chi connectivity index (χ0n) is 10.5. The van der Waals surface area contributed by atoms with Crippen LogP contribution in [0.15, 0.2) is 35.0 Å². The van der Waals surface area contributed by atoms with Gasteiger partial charge in [-0.15, -0.1) is 0 Å². The summed E-state index contributed by atoms with van der Waals surface area (Å²) in [4.78, 5) is 12.4. The van der Waals surface area contributed by atoms with E-state index in [0.717, 1.165) is 0 Å². The van der Waals surface area contributed by atoms with Gasteiger partial charge in [0.05, 0.1) is 11.3 Å². The smallest absolute Gasteiger partial charge is 0.260 e. The molecule has 2 heterocycles. The minimum absolute atomic E-state index is 0.0263. The minimum atomic E-state index is -0.528. The Morgan fingerprint density at radius 1 is 1.20 bits per heavy atom. The SMILES string of the molecule is Cc1nccc(-c2noc(-c3cccc(F)c3N)n2)n1. The Bertz CT molecular complexity index is 771. The fourth-order valence-electron chi connectivity index (χ4n) is 1.74. The highest BCUT2D eigenvalue weighted by molar-refractivity contribution is 5.71. The molecule has 0 aliphatic carbocycles. The lowest BCUT2D eigenvalue weighted by Gasteiger charge is -2.00. The van der Waals surface area contributed by atoms with Gasteiger partial charge in [-0.25, -0.2) is 14.4 Å². The van der Waals surface area contributed by atoms with Gasteiger partial charge in [-0.05, 0) is 25.1 Å². The summed E-state index contributed by atoms with van der Waals surface area (Å²) in [6.45, 7) is 1.76. The Kier molecular flexibility index (Phi) is 2.86. The molecule has 1 aromatic carbocycles. The average molecular weight is 271 g/mol. The molecule has 0 saturated carbocycles. The molecule has 0 radical (unpaired) electrons. The van der Waals surface area contributed by atoms with Crippen molar-refractivity contribution in [2.45, 2.75) is 6.92 Å². The van der Waals surface area contributed by atoms with E-state index in [2.05, 4.69) is 20.1 Å². The number of rotatable bonds is 2. The van der Waals surface area contributed by atoms with E-state index in [1.165, 1.54) is 12.1 Å². The first-order valence-corrected chi connectivity index (χ1v) is 5.83. The van der Waals surface area contributed by atoms with Gasteiger partial charge in [0.2, 0.25) is 5.82 Å². The van der Waals surface area contributed by atoms with Crippen molar-refractivity contribution in [3.8, 4) is 23.0 Å². The maximum atomic E-state index is 13.4. The molecule has 3 rings (SSSR count). The average Bonchev–Trinajstić information content (AvgIpc) is 2.91. The lowest BCUT2D eigenvalue weighted by Crippen LogP contribution is -1.94. The van der Waals surface area contributed by atoms with Gasteiger partial charge in [0, 0.05) is 6.20 Å². The second-order valence-electron chi connectivity index (χ2n) is 4.11. The van der Waals surface area contributed by atoms with Crippen LogP contribution in [0.5, 0.6) is 0 Å². The first-order valence-electron chi connectivity index (χ1n) is 5.83. The standard InChI is InChI=1S/C13H10FN5O/c1-7-16-6-5-10(17-7)12-18-13(20-19-12)8-3-2-4-9(14)11(8)15/h2-6H,15H2,1H3. The van der Waals surface area contributed by atoms with E-state index < -0.39 is 5.82 Å². The lowest BCUT2D eigenvalue weighted by atomic mass is 10.2. The van der Waals surface area contributed by atoms with Gasteiger partial charge in [-0.1, -0.05) is 11.2 Å². The van der Waals surface area contributed by atoms with E-state index >= 15 is 0 Å². The molecule has 0 atom stereocenters. The fourth-order valence-corrected chi connectivity index (χ4v) is 1.74. The van der Waals surface area contributed by atoms with Crippen molar-refractivity contribution in [2.24, 2.45) is 0 Å². The molecule has 0 amide bonds. The second-order valence-corrected chi connectivity index (χ2v) is 4.11. The maximum absolute atomic E-state index is 13.4. The van der Waals surface area contributed by atoms with Gasteiger partial charge >= 0.3 is 0 Å². The fraction of sp³-hybridized carbons (Fsp3) is 0.0769. The van der Waals surface area contributed by atoms with E-state index in [1.807, 2.05) is 0 Å². The van der Waals surface area contributed by atoms with Crippen molar-refractivity contribution in [2.75, 3.05) is 5.73 Å². The summed E-state index contributed by atoms with van der Waals surface area (Å²) in [5, 5.41) is 3.82. The number of anilines is 1. The monoisotopic (exact) mass is 271 g/mol. The molecule has 0 fully saturated rings. The van der Waals surface area contributed by atoms with Crippen LogP contribution in [0.25, 0.3) is 23.0 Å². The summed E-state index contributed by atoms with van der Waals surface area (Å²) in [6, 6.07) is 6.07. The Morgan fingerprint density at radius 3 is 2.85 bits per heavy atom. The summed E-state index contributed by atoms with van der Waals surface area (Å²) in [6.07, 6.45) is 1.60. The number of aromatic nitrogens is 4. The summed E-state index contributed by atoms with van der Waals surface area (Å²) in [5.41, 5.74) is 6.52. The molecule has 7 heteroatoms. The minimum Gasteiger partial charge on any atom is -0.396 e. The van der Waals surface area contributed by atoms with E-state index in [-0.39, 0.29) is 11.6 Å². The zero-order valence-corrected chi connectivity index (χ0v) is 10.5. The number of nitrogen functional groups attached to an aromatic ring is 1. The zero-order chi connectivity index (χ0) is 14.1. The number of nitrogens with zero attached hydrogens (tertiary/aromatic N) is 4. The van der Waals surface area contributed by atoms with Crippen molar-refractivity contribution < 1.29 is 8.91 Å². The number of para-hydroxylation sites is 1. The highest BCUT2D eigenvalue weighted by Gasteiger charge is 2.15. The molecule has 3 aromatic rings. The van der Waals surface area contributed by atoms with Crippen LogP contribution in [0.2, 0.25) is 0 Å². The van der Waals surface area contributed by atoms with Crippen LogP contribution in [-0.2, 0) is 0 Å². The molecule has 6 nitrogen and oxygen atoms in total. The Hall–Kier alpha value is -2.83. The molecule has 0 spiro atoms. The molecule has 0 aliphatic heterocycles. The maximum Gasteiger partial charge on any atom is 0.260 e. The van der Waals surface area contributed by atoms with E-state index in [9.17, 15) is 4.39 Å². The van der Waals surface area contributed by atoms with Crippen LogP contribution in [0, 0.1) is 12.7 Å². The number of aryl methyl sites for hydroxylation is 1. The molecule has 100 valence electrons. The third-order valence-corrected chi connectivity index (χ3v) is 2.71. The first-order chi connectivity index (χ1) is 9.65. The van der Waals surface area contributed by atoms with Crippen molar-refractivity contribution >= 4 is 5.69 Å². The normalized spacial score (nSPS) is 10.7. The summed E-state index contributed by atoms with van der Waals surface area (Å²) in [7, 11) is 0. The van der Waals surface area contributed by atoms with Gasteiger partial charge in [-0.2, -0.15) is 4.98 Å². The van der Waals surface area contributed by atoms with Gasteiger partial charge in [-0.3, -0.25) is 0 Å². The highest BCUT2D eigenvalue weighted by atomic mass is 19.1. The van der Waals surface area contributed by atoms with E-state index in [0.29, 0.717) is 22.9 Å². The third-order valence-electron chi connectivity index (χ3n) is 2.71. The molecule has 20 heavy (non-hydrogen) atoms. The van der Waals surface area contributed by atoms with Crippen LogP contribution in [0.3, 0.4) is 0 Å². The molecular formula is C13H10FN5O. The first kappa shape index (κ1) is 12.2. The largest absolute Gasteiger partial charge is 0.396 e. The predicted octanol–water partition coefficient (Wildman–Crippen LogP) is 2.22. The summed E-state index contributed by atoms with van der Waals surface area (Å²) < 4.78 is 18.5. The molecule has 2 aromatic heterocycles. The summed E-state index contributed by atoms with van der Waals surface area (Å²) in [5.74, 6) is 0.515. The Balaban J connectivity index is 2.04. The molecule has 0 aliphatic rings. The molecule has 0 unspecified atom stereocenters. The number of nitrogens with two attached hydrogens (primary N) is 1. The number of benzene rings is 1. The quantitative estimate of drug-likeness (QED) is 0.719. The van der Waals surface area contributed by atoms with Crippen molar-refractivity contribution in [3.05, 3.63) is 42.1 Å². The van der Waals surface area contributed by atoms with E-state index in [1.54, 1.807) is 25.3 Å². The highest BCUT2D eigenvalue weighted by Crippen LogP contribution is 2.27. The summed E-state index contributed by atoms with van der Waals surface area (Å²) >= 11 is 0. The third kappa shape index (κ3) is 2.09.